The van der Waals surface area contributed by atoms with E-state index in [0.29, 0.717) is 11.9 Å². The number of rotatable bonds is 12. The zero-order valence-corrected chi connectivity index (χ0v) is 14.0. The number of hydrogen-bond acceptors (Lipinski definition) is 8. The summed E-state index contributed by atoms with van der Waals surface area (Å²) in [4.78, 5) is 66.0. The highest BCUT2D eigenvalue weighted by Crippen LogP contribution is 2.05. The Kier molecular flexibility index (Phi) is 10.5. The zero-order valence-electron chi connectivity index (χ0n) is 13.2. The van der Waals surface area contributed by atoms with E-state index in [1.54, 1.807) is 0 Å². The van der Waals surface area contributed by atoms with Gasteiger partial charge in [-0.05, 0) is 6.42 Å². The van der Waals surface area contributed by atoms with Crippen molar-refractivity contribution in [1.82, 2.24) is 16.0 Å². The molecule has 0 fully saturated rings. The summed E-state index contributed by atoms with van der Waals surface area (Å²) in [6, 6.07) is -2.49. The van der Waals surface area contributed by atoms with Crippen molar-refractivity contribution in [2.45, 2.75) is 31.8 Å². The van der Waals surface area contributed by atoms with Crippen LogP contribution in [-0.4, -0.2) is 64.3 Å². The first-order valence-electron chi connectivity index (χ1n) is 6.90. The Morgan fingerprint density at radius 1 is 1.08 bits per heavy atom. The van der Waals surface area contributed by atoms with Crippen LogP contribution in [0.3, 0.4) is 0 Å². The van der Waals surface area contributed by atoms with Crippen LogP contribution in [0.25, 0.3) is 0 Å². The fourth-order valence-corrected chi connectivity index (χ4v) is 2.06. The van der Waals surface area contributed by atoms with Crippen LogP contribution in [0.15, 0.2) is 4.58 Å². The first kappa shape index (κ1) is 22.3. The molecule has 12 nitrogen and oxygen atoms in total. The van der Waals surface area contributed by atoms with Crippen molar-refractivity contribution in [3.63, 3.8) is 0 Å². The average Bonchev–Trinajstić information content (AvgIpc) is 2.52. The fraction of sp³-hybridized carbons (Fsp3) is 0.583. The number of carbonyl (C=O) groups excluding carboxylic acids is 3. The van der Waals surface area contributed by atoms with Crippen molar-refractivity contribution in [2.75, 3.05) is 12.3 Å². The first-order chi connectivity index (χ1) is 11.7. The van der Waals surface area contributed by atoms with Crippen LogP contribution in [-0.2, 0) is 24.0 Å². The number of nitroso groups, excluding NO2 is 1. The van der Waals surface area contributed by atoms with E-state index >= 15 is 0 Å². The smallest absolute Gasteiger partial charge is 0.326 e. The second-order valence-corrected chi connectivity index (χ2v) is 5.47. The number of carboxylic acids is 2. The third-order valence-corrected chi connectivity index (χ3v) is 3.28. The molecule has 0 saturated heterocycles. The molecule has 140 valence electrons. The maximum absolute atomic E-state index is 11.8. The molecule has 0 spiro atoms. The van der Waals surface area contributed by atoms with E-state index in [0.717, 1.165) is 6.92 Å². The maximum Gasteiger partial charge on any atom is 0.326 e. The summed E-state index contributed by atoms with van der Waals surface area (Å²) in [6.45, 7) is 0.455. The lowest BCUT2D eigenvalue weighted by Crippen LogP contribution is -2.49. The first-order valence-corrected chi connectivity index (χ1v) is 7.85. The molecule has 0 aliphatic carbocycles. The van der Waals surface area contributed by atoms with Gasteiger partial charge < -0.3 is 26.2 Å². The summed E-state index contributed by atoms with van der Waals surface area (Å²) in [6.07, 6.45) is -0.539. The number of amides is 3. The predicted octanol–water partition coefficient (Wildman–Crippen LogP) is -1.54. The van der Waals surface area contributed by atoms with Crippen molar-refractivity contribution < 1.29 is 34.2 Å². The summed E-state index contributed by atoms with van der Waals surface area (Å²) in [5, 5.41) is 23.9. The second-order valence-electron chi connectivity index (χ2n) is 4.73. The Balaban J connectivity index is 4.65. The highest BCUT2D eigenvalue weighted by atomic mass is 32.2. The third kappa shape index (κ3) is 10.6. The minimum absolute atomic E-state index is 0.219. The van der Waals surface area contributed by atoms with Gasteiger partial charge in [0.2, 0.25) is 17.7 Å². The quantitative estimate of drug-likeness (QED) is 0.198. The molecular formula is C12H18N4O8S. The molecule has 0 aromatic carbocycles. The van der Waals surface area contributed by atoms with Gasteiger partial charge in [-0.3, -0.25) is 19.2 Å². The fourth-order valence-electron chi connectivity index (χ4n) is 1.62. The van der Waals surface area contributed by atoms with E-state index < -0.39 is 48.3 Å². The molecule has 2 atom stereocenters. The van der Waals surface area contributed by atoms with Crippen LogP contribution in [0.1, 0.15) is 19.8 Å². The molecule has 3 amide bonds. The number of hydrogen-bond donors (Lipinski definition) is 5. The summed E-state index contributed by atoms with van der Waals surface area (Å²) >= 11 is 0.454. The van der Waals surface area contributed by atoms with E-state index in [-0.39, 0.29) is 18.6 Å². The molecule has 0 saturated carbocycles. The molecule has 0 aromatic rings. The van der Waals surface area contributed by atoms with E-state index in [4.69, 9.17) is 10.2 Å². The Labute approximate surface area is 146 Å². The molecular weight excluding hydrogens is 360 g/mol. The standard InChI is InChI=1S/C12H18N4O8S/c1-6(17)14-7(12(22)23)2-3-9(18)15-8(5-25-16-24)11(21)13-4-10(19)20/h7-8H,2-5H2,1H3,(H,13,21)(H,14,17)(H,15,18)(H,19,20)(H,22,23). The lowest BCUT2D eigenvalue weighted by molar-refractivity contribution is -0.142. The normalized spacial score (nSPS) is 12.4. The second kappa shape index (κ2) is 11.8. The molecule has 0 rings (SSSR count). The lowest BCUT2D eigenvalue weighted by atomic mass is 10.1. The van der Waals surface area contributed by atoms with E-state index in [2.05, 4.69) is 15.2 Å². The summed E-state index contributed by atoms with van der Waals surface area (Å²) in [5.74, 6) is -4.96. The topological polar surface area (TPSA) is 191 Å². The number of nitrogens with zero attached hydrogens (tertiary/aromatic N) is 1. The third-order valence-electron chi connectivity index (χ3n) is 2.70. The Hall–Kier alpha value is -2.70. The van der Waals surface area contributed by atoms with Crippen molar-refractivity contribution in [1.29, 1.82) is 0 Å². The van der Waals surface area contributed by atoms with Crippen molar-refractivity contribution in [2.24, 2.45) is 4.58 Å². The van der Waals surface area contributed by atoms with Gasteiger partial charge in [0.05, 0.1) is 0 Å². The van der Waals surface area contributed by atoms with Gasteiger partial charge in [-0.15, -0.1) is 4.91 Å². The van der Waals surface area contributed by atoms with Gasteiger partial charge in [-0.1, -0.05) is 0 Å². The van der Waals surface area contributed by atoms with Gasteiger partial charge in [0.1, 0.15) is 18.6 Å². The van der Waals surface area contributed by atoms with Gasteiger partial charge in [0, 0.05) is 35.6 Å². The van der Waals surface area contributed by atoms with Crippen molar-refractivity contribution in [3.8, 4) is 0 Å². The Bertz CT molecular complexity index is 541. The number of aliphatic carboxylic acids is 2. The van der Waals surface area contributed by atoms with Gasteiger partial charge in [0.25, 0.3) is 0 Å². The predicted molar refractivity (Wildman–Crippen MR) is 85.3 cm³/mol. The molecule has 5 N–H and O–H groups in total. The SMILES string of the molecule is CC(=O)NC(CCC(=O)NC(CSN=O)C(=O)NCC(=O)O)C(=O)O. The Morgan fingerprint density at radius 3 is 2.20 bits per heavy atom. The van der Waals surface area contributed by atoms with Crippen LogP contribution in [0.5, 0.6) is 0 Å². The van der Waals surface area contributed by atoms with Crippen LogP contribution in [0.4, 0.5) is 0 Å². The van der Waals surface area contributed by atoms with Crippen LogP contribution in [0, 0.1) is 4.91 Å². The molecule has 13 heteroatoms. The molecule has 0 aliphatic heterocycles. The van der Waals surface area contributed by atoms with Crippen LogP contribution >= 0.6 is 11.9 Å². The molecule has 0 aromatic heterocycles. The molecule has 0 bridgehead atoms. The lowest BCUT2D eigenvalue weighted by Gasteiger charge is -2.17. The van der Waals surface area contributed by atoms with Crippen molar-refractivity contribution in [3.05, 3.63) is 4.91 Å². The van der Waals surface area contributed by atoms with E-state index in [1.807, 2.05) is 5.32 Å². The van der Waals surface area contributed by atoms with Crippen molar-refractivity contribution >= 4 is 41.6 Å². The Morgan fingerprint density at radius 2 is 1.72 bits per heavy atom. The van der Waals surface area contributed by atoms with Gasteiger partial charge in [-0.25, -0.2) is 4.79 Å². The molecule has 0 heterocycles. The monoisotopic (exact) mass is 378 g/mol. The number of carboxylic acid groups (broad SMARTS) is 2. The van der Waals surface area contributed by atoms with Crippen LogP contribution < -0.4 is 16.0 Å². The van der Waals surface area contributed by atoms with Crippen LogP contribution in [0.2, 0.25) is 0 Å². The molecule has 25 heavy (non-hydrogen) atoms. The molecule has 0 radical (unpaired) electrons. The summed E-state index contributed by atoms with van der Waals surface area (Å²) in [5.41, 5.74) is 0. The largest absolute Gasteiger partial charge is 0.480 e. The van der Waals surface area contributed by atoms with E-state index in [9.17, 15) is 28.9 Å². The molecule has 0 aliphatic rings. The summed E-state index contributed by atoms with van der Waals surface area (Å²) in [7, 11) is 0. The van der Waals surface area contributed by atoms with Gasteiger partial charge >= 0.3 is 11.9 Å². The molecule has 2 unspecified atom stereocenters. The number of carbonyl (C=O) groups is 5. The average molecular weight is 378 g/mol. The van der Waals surface area contributed by atoms with Gasteiger partial charge in [0.15, 0.2) is 0 Å². The minimum atomic E-state index is -1.32. The highest BCUT2D eigenvalue weighted by Gasteiger charge is 2.24. The number of nitrogens with one attached hydrogen (secondary N) is 3. The highest BCUT2D eigenvalue weighted by molar-refractivity contribution is 7.97. The zero-order chi connectivity index (χ0) is 19.4. The van der Waals surface area contributed by atoms with E-state index in [1.165, 1.54) is 0 Å². The maximum atomic E-state index is 11.8. The minimum Gasteiger partial charge on any atom is -0.480 e. The summed E-state index contributed by atoms with van der Waals surface area (Å²) < 4.78 is 2.48. The van der Waals surface area contributed by atoms with Gasteiger partial charge in [-0.2, -0.15) is 0 Å².